The number of amides is 1. The number of nitrogens with one attached hydrogen (secondary N) is 1. The number of sulfonamides is 1. The predicted molar refractivity (Wildman–Crippen MR) is 118 cm³/mol. The molecule has 0 saturated heterocycles. The van der Waals surface area contributed by atoms with Gasteiger partial charge in [-0.05, 0) is 36.9 Å². The molecule has 0 aliphatic rings. The molecule has 0 aliphatic carbocycles. The summed E-state index contributed by atoms with van der Waals surface area (Å²) in [5.74, 6) is 1.25. The first-order valence-electron chi connectivity index (χ1n) is 8.97. The van der Waals surface area contributed by atoms with Crippen LogP contribution < -0.4 is 19.1 Å². The van der Waals surface area contributed by atoms with Gasteiger partial charge in [-0.15, -0.1) is 11.8 Å². The number of carbonyl (C=O) groups excluding carboxylic acids is 1. The van der Waals surface area contributed by atoms with Crippen molar-refractivity contribution in [3.05, 3.63) is 42.5 Å². The second-order valence-corrected chi connectivity index (χ2v) is 9.36. The van der Waals surface area contributed by atoms with Gasteiger partial charge in [0.25, 0.3) is 0 Å². The van der Waals surface area contributed by atoms with Crippen LogP contribution in [0.5, 0.6) is 11.5 Å². The molecule has 0 saturated carbocycles. The fourth-order valence-electron chi connectivity index (χ4n) is 2.86. The van der Waals surface area contributed by atoms with Gasteiger partial charge in [0.2, 0.25) is 15.9 Å². The average molecular weight is 439 g/mol. The molecule has 158 valence electrons. The number of hydrogen-bond donors (Lipinski definition) is 1. The van der Waals surface area contributed by atoms with Gasteiger partial charge in [-0.2, -0.15) is 0 Å². The van der Waals surface area contributed by atoms with Crippen molar-refractivity contribution in [3.8, 4) is 11.5 Å². The lowest BCUT2D eigenvalue weighted by Gasteiger charge is -2.29. The SMILES string of the molecule is CCSc1ccccc1NC(=O)[C@@H](C)N(c1ccc(OC)c(OC)c1)S(C)(=O)=O. The minimum absolute atomic E-state index is 0.309. The fourth-order valence-corrected chi connectivity index (χ4v) is 4.79. The maximum atomic E-state index is 12.9. The molecule has 2 aromatic carbocycles. The molecule has 0 aromatic heterocycles. The van der Waals surface area contributed by atoms with Gasteiger partial charge >= 0.3 is 0 Å². The number of rotatable bonds is 9. The van der Waals surface area contributed by atoms with E-state index in [1.165, 1.54) is 20.3 Å². The number of ether oxygens (including phenoxy) is 2. The van der Waals surface area contributed by atoms with E-state index in [2.05, 4.69) is 5.32 Å². The summed E-state index contributed by atoms with van der Waals surface area (Å²) in [4.78, 5) is 13.8. The third-order valence-corrected chi connectivity index (χ3v) is 6.35. The van der Waals surface area contributed by atoms with Crippen LogP contribution in [-0.2, 0) is 14.8 Å². The lowest BCUT2D eigenvalue weighted by Crippen LogP contribution is -2.45. The zero-order valence-corrected chi connectivity index (χ0v) is 18.8. The first-order valence-corrected chi connectivity index (χ1v) is 11.8. The molecule has 2 rings (SSSR count). The highest BCUT2D eigenvalue weighted by molar-refractivity contribution is 7.99. The Balaban J connectivity index is 2.38. The summed E-state index contributed by atoms with van der Waals surface area (Å²) >= 11 is 1.60. The predicted octanol–water partition coefficient (Wildman–Crippen LogP) is 3.61. The number of para-hydroxylation sites is 1. The Morgan fingerprint density at radius 2 is 1.79 bits per heavy atom. The Morgan fingerprint density at radius 3 is 2.38 bits per heavy atom. The molecule has 0 fully saturated rings. The van der Waals surface area contributed by atoms with Crippen molar-refractivity contribution in [2.24, 2.45) is 0 Å². The molecule has 0 unspecified atom stereocenters. The fraction of sp³-hybridized carbons (Fsp3) is 0.350. The highest BCUT2D eigenvalue weighted by Gasteiger charge is 2.30. The molecule has 1 amide bonds. The molecule has 0 heterocycles. The highest BCUT2D eigenvalue weighted by Crippen LogP contribution is 2.33. The second-order valence-electron chi connectivity index (χ2n) is 6.19. The molecule has 29 heavy (non-hydrogen) atoms. The van der Waals surface area contributed by atoms with Crippen molar-refractivity contribution >= 4 is 39.1 Å². The zero-order valence-electron chi connectivity index (χ0n) is 17.1. The summed E-state index contributed by atoms with van der Waals surface area (Å²) in [6.07, 6.45) is 1.06. The normalized spacial score (nSPS) is 12.2. The van der Waals surface area contributed by atoms with Crippen LogP contribution >= 0.6 is 11.8 Å². The third-order valence-electron chi connectivity index (χ3n) is 4.15. The van der Waals surface area contributed by atoms with E-state index in [1.54, 1.807) is 36.9 Å². The lowest BCUT2D eigenvalue weighted by molar-refractivity contribution is -0.116. The first-order chi connectivity index (χ1) is 13.7. The molecule has 0 aliphatic heterocycles. The molecule has 1 N–H and O–H groups in total. The van der Waals surface area contributed by atoms with Crippen molar-refractivity contribution in [3.63, 3.8) is 0 Å². The number of hydrogen-bond acceptors (Lipinski definition) is 6. The van der Waals surface area contributed by atoms with E-state index < -0.39 is 22.0 Å². The molecule has 1 atom stereocenters. The molecular weight excluding hydrogens is 412 g/mol. The monoisotopic (exact) mass is 438 g/mol. The summed E-state index contributed by atoms with van der Waals surface area (Å²) in [5, 5.41) is 2.85. The minimum Gasteiger partial charge on any atom is -0.493 e. The van der Waals surface area contributed by atoms with Crippen LogP contribution in [0.2, 0.25) is 0 Å². The van der Waals surface area contributed by atoms with Crippen molar-refractivity contribution in [2.75, 3.05) is 35.9 Å². The summed E-state index contributed by atoms with van der Waals surface area (Å²) in [5.41, 5.74) is 0.959. The van der Waals surface area contributed by atoms with Crippen molar-refractivity contribution < 1.29 is 22.7 Å². The largest absolute Gasteiger partial charge is 0.493 e. The third kappa shape index (κ3) is 5.57. The molecule has 9 heteroatoms. The van der Waals surface area contributed by atoms with Gasteiger partial charge in [0.1, 0.15) is 6.04 Å². The van der Waals surface area contributed by atoms with Gasteiger partial charge < -0.3 is 14.8 Å². The van der Waals surface area contributed by atoms with Gasteiger partial charge in [0, 0.05) is 11.0 Å². The van der Waals surface area contributed by atoms with Crippen LogP contribution in [0.1, 0.15) is 13.8 Å². The van der Waals surface area contributed by atoms with Crippen LogP contribution in [-0.4, -0.2) is 46.6 Å². The van der Waals surface area contributed by atoms with Gasteiger partial charge in [-0.3, -0.25) is 9.10 Å². The van der Waals surface area contributed by atoms with Crippen LogP contribution in [0.25, 0.3) is 0 Å². The lowest BCUT2D eigenvalue weighted by atomic mass is 10.2. The summed E-state index contributed by atoms with van der Waals surface area (Å²) in [6, 6.07) is 11.2. The van der Waals surface area contributed by atoms with Gasteiger partial charge in [-0.1, -0.05) is 19.1 Å². The van der Waals surface area contributed by atoms with E-state index in [0.717, 1.165) is 21.2 Å². The van der Waals surface area contributed by atoms with E-state index in [0.29, 0.717) is 22.9 Å². The van der Waals surface area contributed by atoms with Crippen LogP contribution in [0.4, 0.5) is 11.4 Å². The minimum atomic E-state index is -3.75. The maximum absolute atomic E-state index is 12.9. The highest BCUT2D eigenvalue weighted by atomic mass is 32.2. The molecule has 0 spiro atoms. The first kappa shape index (κ1) is 22.9. The molecule has 2 aromatic rings. The molecule has 0 bridgehead atoms. The Morgan fingerprint density at radius 1 is 1.14 bits per heavy atom. The number of carbonyl (C=O) groups is 1. The molecule has 7 nitrogen and oxygen atoms in total. The smallest absolute Gasteiger partial charge is 0.248 e. The van der Waals surface area contributed by atoms with Crippen molar-refractivity contribution in [1.82, 2.24) is 0 Å². The van der Waals surface area contributed by atoms with Crippen LogP contribution in [0, 0.1) is 0 Å². The number of nitrogens with zero attached hydrogens (tertiary/aromatic N) is 1. The molecule has 0 radical (unpaired) electrons. The average Bonchev–Trinajstić information content (AvgIpc) is 2.68. The summed E-state index contributed by atoms with van der Waals surface area (Å²) < 4.78 is 36.6. The van der Waals surface area contributed by atoms with Crippen molar-refractivity contribution in [1.29, 1.82) is 0 Å². The molecular formula is C20H26N2O5S2. The Kier molecular flexibility index (Phi) is 7.80. The number of methoxy groups -OCH3 is 2. The van der Waals surface area contributed by atoms with Gasteiger partial charge in [0.05, 0.1) is 31.9 Å². The number of thioether (sulfide) groups is 1. The van der Waals surface area contributed by atoms with E-state index in [9.17, 15) is 13.2 Å². The summed E-state index contributed by atoms with van der Waals surface area (Å²) in [7, 11) is -0.792. The quantitative estimate of drug-likeness (QED) is 0.602. The Bertz CT molecular complexity index is 963. The van der Waals surface area contributed by atoms with E-state index in [1.807, 2.05) is 25.1 Å². The topological polar surface area (TPSA) is 84.9 Å². The zero-order chi connectivity index (χ0) is 21.6. The Labute approximate surface area is 176 Å². The maximum Gasteiger partial charge on any atom is 0.248 e. The van der Waals surface area contributed by atoms with Crippen LogP contribution in [0.3, 0.4) is 0 Å². The Hall–Kier alpha value is -2.39. The van der Waals surface area contributed by atoms with E-state index >= 15 is 0 Å². The van der Waals surface area contributed by atoms with E-state index in [-0.39, 0.29) is 0 Å². The van der Waals surface area contributed by atoms with Crippen LogP contribution in [0.15, 0.2) is 47.4 Å². The second kappa shape index (κ2) is 9.89. The van der Waals surface area contributed by atoms with Gasteiger partial charge in [0.15, 0.2) is 11.5 Å². The van der Waals surface area contributed by atoms with Gasteiger partial charge in [-0.25, -0.2) is 8.42 Å². The number of anilines is 2. The standard InChI is InChI=1S/C20H26N2O5S2/c1-6-28-19-10-8-7-9-16(19)21-20(23)14(2)22(29(5,24)25)15-11-12-17(26-3)18(13-15)27-4/h7-14H,6H2,1-5H3,(H,21,23)/t14-/m1/s1. The van der Waals surface area contributed by atoms with Crippen molar-refractivity contribution in [2.45, 2.75) is 24.8 Å². The summed E-state index contributed by atoms with van der Waals surface area (Å²) in [6.45, 7) is 3.57. The number of benzene rings is 2. The van der Waals surface area contributed by atoms with E-state index in [4.69, 9.17) is 9.47 Å².